The van der Waals surface area contributed by atoms with E-state index in [0.717, 1.165) is 25.0 Å². The van der Waals surface area contributed by atoms with Gasteiger partial charge in [0.2, 0.25) is 0 Å². The van der Waals surface area contributed by atoms with Crippen molar-refractivity contribution >= 4 is 11.9 Å². The zero-order valence-corrected chi connectivity index (χ0v) is 13.3. The molecule has 2 rings (SSSR count). The van der Waals surface area contributed by atoms with Crippen LogP contribution >= 0.6 is 0 Å². The summed E-state index contributed by atoms with van der Waals surface area (Å²) in [4.78, 5) is 11.5. The number of aromatic nitrogens is 2. The zero-order valence-electron chi connectivity index (χ0n) is 13.3. The molecule has 1 amide bonds. The SMILES string of the molecule is CCCOC(=O)NC1CC(c2cc(N)n(C(C)(C)C)n2)C1. The van der Waals surface area contributed by atoms with Crippen LogP contribution in [0, 0.1) is 0 Å². The summed E-state index contributed by atoms with van der Waals surface area (Å²) < 4.78 is 6.88. The fraction of sp³-hybridized carbons (Fsp3) is 0.733. The molecule has 3 N–H and O–H groups in total. The molecule has 0 spiro atoms. The van der Waals surface area contributed by atoms with Crippen LogP contribution in [0.3, 0.4) is 0 Å². The maximum Gasteiger partial charge on any atom is 0.407 e. The van der Waals surface area contributed by atoms with E-state index in [1.54, 1.807) is 0 Å². The van der Waals surface area contributed by atoms with Gasteiger partial charge in [-0.2, -0.15) is 5.10 Å². The highest BCUT2D eigenvalue weighted by molar-refractivity contribution is 5.67. The number of nitrogens with two attached hydrogens (primary N) is 1. The molecule has 6 nitrogen and oxygen atoms in total. The first-order valence-electron chi connectivity index (χ1n) is 7.60. The number of carbonyl (C=O) groups is 1. The first kappa shape index (κ1) is 15.7. The number of hydrogen-bond acceptors (Lipinski definition) is 4. The molecule has 0 aromatic carbocycles. The molecule has 0 radical (unpaired) electrons. The van der Waals surface area contributed by atoms with Gasteiger partial charge < -0.3 is 15.8 Å². The van der Waals surface area contributed by atoms with Crippen molar-refractivity contribution in [2.45, 2.75) is 64.5 Å². The quantitative estimate of drug-likeness (QED) is 0.894. The van der Waals surface area contributed by atoms with Gasteiger partial charge in [-0.25, -0.2) is 9.48 Å². The summed E-state index contributed by atoms with van der Waals surface area (Å²) in [5.41, 5.74) is 6.92. The number of amides is 1. The van der Waals surface area contributed by atoms with E-state index in [9.17, 15) is 4.79 Å². The van der Waals surface area contributed by atoms with Crippen molar-refractivity contribution in [3.8, 4) is 0 Å². The molecule has 0 unspecified atom stereocenters. The van der Waals surface area contributed by atoms with E-state index in [2.05, 4.69) is 31.2 Å². The summed E-state index contributed by atoms with van der Waals surface area (Å²) >= 11 is 0. The van der Waals surface area contributed by atoms with E-state index < -0.39 is 0 Å². The number of nitrogens with one attached hydrogen (secondary N) is 1. The Bertz CT molecular complexity index is 498. The van der Waals surface area contributed by atoms with Gasteiger partial charge in [0.15, 0.2) is 0 Å². The molecule has 1 aliphatic rings. The van der Waals surface area contributed by atoms with Crippen LogP contribution < -0.4 is 11.1 Å². The van der Waals surface area contributed by atoms with Gasteiger partial charge in [-0.1, -0.05) is 6.92 Å². The van der Waals surface area contributed by atoms with Gasteiger partial charge in [0.05, 0.1) is 17.8 Å². The lowest BCUT2D eigenvalue weighted by molar-refractivity contribution is 0.133. The second-order valence-corrected chi connectivity index (χ2v) is 6.72. The second kappa shape index (κ2) is 5.95. The van der Waals surface area contributed by atoms with Crippen LogP contribution in [-0.2, 0) is 10.3 Å². The number of nitrogen functional groups attached to an aromatic ring is 1. The third-order valence-corrected chi connectivity index (χ3v) is 3.71. The van der Waals surface area contributed by atoms with Crippen LogP contribution in [0.15, 0.2) is 6.07 Å². The van der Waals surface area contributed by atoms with Crippen LogP contribution in [0.5, 0.6) is 0 Å². The lowest BCUT2D eigenvalue weighted by atomic mass is 9.78. The summed E-state index contributed by atoms with van der Waals surface area (Å²) in [5, 5.41) is 7.49. The lowest BCUT2D eigenvalue weighted by Crippen LogP contribution is -2.43. The Labute approximate surface area is 126 Å². The number of anilines is 1. The zero-order chi connectivity index (χ0) is 15.6. The molecule has 1 aromatic rings. The van der Waals surface area contributed by atoms with E-state index in [1.165, 1.54) is 0 Å². The largest absolute Gasteiger partial charge is 0.450 e. The van der Waals surface area contributed by atoms with Crippen molar-refractivity contribution < 1.29 is 9.53 Å². The average molecular weight is 294 g/mol. The van der Waals surface area contributed by atoms with Crippen LogP contribution in [0.25, 0.3) is 0 Å². The average Bonchev–Trinajstić information content (AvgIpc) is 2.72. The molecule has 1 aromatic heterocycles. The van der Waals surface area contributed by atoms with Gasteiger partial charge >= 0.3 is 6.09 Å². The fourth-order valence-electron chi connectivity index (χ4n) is 2.53. The summed E-state index contributed by atoms with van der Waals surface area (Å²) in [6.45, 7) is 8.68. The van der Waals surface area contributed by atoms with Crippen molar-refractivity contribution in [2.75, 3.05) is 12.3 Å². The summed E-state index contributed by atoms with van der Waals surface area (Å²) in [5.74, 6) is 1.06. The Morgan fingerprint density at radius 3 is 2.71 bits per heavy atom. The molecule has 0 saturated heterocycles. The van der Waals surface area contributed by atoms with Gasteiger partial charge in [-0.05, 0) is 40.0 Å². The Kier molecular flexibility index (Phi) is 4.44. The van der Waals surface area contributed by atoms with Gasteiger partial charge in [0.25, 0.3) is 0 Å². The van der Waals surface area contributed by atoms with E-state index in [0.29, 0.717) is 18.3 Å². The number of alkyl carbamates (subject to hydrolysis) is 1. The Morgan fingerprint density at radius 1 is 1.52 bits per heavy atom. The molecule has 1 heterocycles. The van der Waals surface area contributed by atoms with Crippen LogP contribution in [0.4, 0.5) is 10.6 Å². The van der Waals surface area contributed by atoms with Crippen LogP contribution in [-0.4, -0.2) is 28.5 Å². The monoisotopic (exact) mass is 294 g/mol. The molecule has 1 saturated carbocycles. The highest BCUT2D eigenvalue weighted by Gasteiger charge is 2.34. The summed E-state index contributed by atoms with van der Waals surface area (Å²) in [6.07, 6.45) is 2.30. The Hall–Kier alpha value is -1.72. The number of ether oxygens (including phenoxy) is 1. The molecule has 0 aliphatic heterocycles. The second-order valence-electron chi connectivity index (χ2n) is 6.72. The van der Waals surface area contributed by atoms with Gasteiger partial charge in [0, 0.05) is 18.0 Å². The van der Waals surface area contributed by atoms with E-state index in [1.807, 2.05) is 17.7 Å². The minimum atomic E-state index is -0.319. The minimum absolute atomic E-state index is 0.117. The van der Waals surface area contributed by atoms with Gasteiger partial charge in [0.1, 0.15) is 5.82 Å². The third-order valence-electron chi connectivity index (χ3n) is 3.71. The molecular weight excluding hydrogens is 268 g/mol. The fourth-order valence-corrected chi connectivity index (χ4v) is 2.53. The smallest absolute Gasteiger partial charge is 0.407 e. The maximum absolute atomic E-state index is 11.5. The van der Waals surface area contributed by atoms with Crippen molar-refractivity contribution in [3.63, 3.8) is 0 Å². The third kappa shape index (κ3) is 3.68. The maximum atomic E-state index is 11.5. The molecule has 118 valence electrons. The Balaban J connectivity index is 1.86. The molecule has 0 bridgehead atoms. The van der Waals surface area contributed by atoms with Crippen LogP contribution in [0.2, 0.25) is 0 Å². The number of nitrogens with zero attached hydrogens (tertiary/aromatic N) is 2. The van der Waals surface area contributed by atoms with E-state index in [-0.39, 0.29) is 17.7 Å². The highest BCUT2D eigenvalue weighted by atomic mass is 16.5. The normalized spacial score (nSPS) is 21.7. The molecular formula is C15H26N4O2. The molecule has 1 aliphatic carbocycles. The molecule has 21 heavy (non-hydrogen) atoms. The predicted octanol–water partition coefficient (Wildman–Crippen LogP) is 2.60. The highest BCUT2D eigenvalue weighted by Crippen LogP contribution is 2.37. The standard InChI is InChI=1S/C15H26N4O2/c1-5-6-21-14(20)17-11-7-10(8-11)12-9-13(16)19(18-12)15(2,3)4/h9-11H,5-8,16H2,1-4H3,(H,17,20). The lowest BCUT2D eigenvalue weighted by Gasteiger charge is -2.34. The summed E-state index contributed by atoms with van der Waals surface area (Å²) in [7, 11) is 0. The van der Waals surface area contributed by atoms with Crippen molar-refractivity contribution in [1.29, 1.82) is 0 Å². The number of rotatable bonds is 4. The Morgan fingerprint density at radius 2 is 2.19 bits per heavy atom. The van der Waals surface area contributed by atoms with Crippen LogP contribution in [0.1, 0.15) is 58.6 Å². The summed E-state index contributed by atoms with van der Waals surface area (Å²) in [6, 6.07) is 2.13. The van der Waals surface area contributed by atoms with Gasteiger partial charge in [-0.15, -0.1) is 0 Å². The molecule has 0 atom stereocenters. The van der Waals surface area contributed by atoms with Crippen molar-refractivity contribution in [2.24, 2.45) is 0 Å². The van der Waals surface area contributed by atoms with Gasteiger partial charge in [-0.3, -0.25) is 0 Å². The van der Waals surface area contributed by atoms with E-state index >= 15 is 0 Å². The molecule has 1 fully saturated rings. The first-order chi connectivity index (χ1) is 9.81. The molecule has 6 heteroatoms. The minimum Gasteiger partial charge on any atom is -0.450 e. The number of carbonyl (C=O) groups excluding carboxylic acids is 1. The van der Waals surface area contributed by atoms with E-state index in [4.69, 9.17) is 10.5 Å². The number of hydrogen-bond donors (Lipinski definition) is 2. The van der Waals surface area contributed by atoms with Crippen molar-refractivity contribution in [1.82, 2.24) is 15.1 Å². The van der Waals surface area contributed by atoms with Crippen molar-refractivity contribution in [3.05, 3.63) is 11.8 Å². The predicted molar refractivity (Wildman–Crippen MR) is 82.2 cm³/mol. The topological polar surface area (TPSA) is 82.2 Å². The first-order valence-corrected chi connectivity index (χ1v) is 7.60.